The SMILES string of the molecule is CC(C)=C(C)OOCC1CO1. The Morgan fingerprint density at radius 3 is 2.55 bits per heavy atom. The van der Waals surface area contributed by atoms with Gasteiger partial charge < -0.3 is 9.62 Å². The summed E-state index contributed by atoms with van der Waals surface area (Å²) in [6, 6.07) is 0. The molecule has 0 aromatic carbocycles. The fourth-order valence-corrected chi connectivity index (χ4v) is 0.446. The molecule has 0 aromatic rings. The van der Waals surface area contributed by atoms with E-state index in [1.54, 1.807) is 0 Å². The minimum absolute atomic E-state index is 0.264. The van der Waals surface area contributed by atoms with E-state index in [-0.39, 0.29) is 6.10 Å². The first-order valence-corrected chi connectivity index (χ1v) is 3.75. The molecule has 3 heteroatoms. The quantitative estimate of drug-likeness (QED) is 0.270. The standard InChI is InChI=1S/C8H14O3/c1-6(2)7(3)11-10-5-8-4-9-8/h8H,4-5H2,1-3H3. The van der Waals surface area contributed by atoms with Crippen molar-refractivity contribution in [3.8, 4) is 0 Å². The van der Waals surface area contributed by atoms with E-state index < -0.39 is 0 Å². The van der Waals surface area contributed by atoms with E-state index in [1.807, 2.05) is 20.8 Å². The van der Waals surface area contributed by atoms with Crippen molar-refractivity contribution >= 4 is 0 Å². The van der Waals surface area contributed by atoms with Crippen molar-refractivity contribution in [3.63, 3.8) is 0 Å². The lowest BCUT2D eigenvalue weighted by Crippen LogP contribution is -2.01. The van der Waals surface area contributed by atoms with Crippen molar-refractivity contribution < 1.29 is 14.5 Å². The molecule has 11 heavy (non-hydrogen) atoms. The Balaban J connectivity index is 2.05. The third kappa shape index (κ3) is 3.39. The van der Waals surface area contributed by atoms with Gasteiger partial charge in [0.25, 0.3) is 0 Å². The van der Waals surface area contributed by atoms with Crippen LogP contribution in [0.3, 0.4) is 0 Å². The van der Waals surface area contributed by atoms with Crippen molar-refractivity contribution in [1.29, 1.82) is 0 Å². The molecule has 3 nitrogen and oxygen atoms in total. The predicted octanol–water partition coefficient (Wildman–Crippen LogP) is 1.65. The first-order chi connectivity index (χ1) is 5.20. The van der Waals surface area contributed by atoms with Gasteiger partial charge in [-0.1, -0.05) is 0 Å². The highest BCUT2D eigenvalue weighted by molar-refractivity contribution is 4.97. The molecule has 0 aromatic heterocycles. The Kier molecular flexibility index (Phi) is 2.91. The fourth-order valence-electron chi connectivity index (χ4n) is 0.446. The molecule has 1 saturated heterocycles. The second-order valence-corrected chi connectivity index (χ2v) is 2.88. The van der Waals surface area contributed by atoms with E-state index in [4.69, 9.17) is 14.5 Å². The number of hydrogen-bond donors (Lipinski definition) is 0. The molecule has 64 valence electrons. The summed E-state index contributed by atoms with van der Waals surface area (Å²) in [5.41, 5.74) is 1.13. The van der Waals surface area contributed by atoms with E-state index in [0.29, 0.717) is 6.61 Å². The first kappa shape index (κ1) is 8.56. The van der Waals surface area contributed by atoms with Gasteiger partial charge in [-0.3, -0.25) is 0 Å². The zero-order valence-corrected chi connectivity index (χ0v) is 7.22. The molecule has 1 heterocycles. The summed E-state index contributed by atoms with van der Waals surface area (Å²) in [5, 5.41) is 0. The van der Waals surface area contributed by atoms with Gasteiger partial charge in [0, 0.05) is 0 Å². The Bertz CT molecular complexity index is 155. The second kappa shape index (κ2) is 3.74. The number of hydrogen-bond acceptors (Lipinski definition) is 3. The maximum atomic E-state index is 4.95. The summed E-state index contributed by atoms with van der Waals surface area (Å²) in [5.74, 6) is 0.825. The van der Waals surface area contributed by atoms with Crippen molar-refractivity contribution in [2.75, 3.05) is 13.2 Å². The van der Waals surface area contributed by atoms with Crippen LogP contribution >= 0.6 is 0 Å². The summed E-state index contributed by atoms with van der Waals surface area (Å²) in [6.07, 6.45) is 0.264. The second-order valence-electron chi connectivity index (χ2n) is 2.88. The molecule has 0 aliphatic carbocycles. The first-order valence-electron chi connectivity index (χ1n) is 3.75. The Hall–Kier alpha value is -0.540. The topological polar surface area (TPSA) is 31.0 Å². The maximum Gasteiger partial charge on any atom is 0.138 e. The van der Waals surface area contributed by atoms with Crippen LogP contribution in [-0.2, 0) is 14.5 Å². The molecule has 0 N–H and O–H groups in total. The molecule has 1 atom stereocenters. The van der Waals surface area contributed by atoms with E-state index in [1.165, 1.54) is 0 Å². The van der Waals surface area contributed by atoms with Crippen LogP contribution in [0.4, 0.5) is 0 Å². The lowest BCUT2D eigenvalue weighted by molar-refractivity contribution is -0.264. The minimum atomic E-state index is 0.264. The average Bonchev–Trinajstić information content (AvgIpc) is 2.71. The molecule has 1 rings (SSSR count). The molecular formula is C8H14O3. The van der Waals surface area contributed by atoms with Gasteiger partial charge in [0.15, 0.2) is 0 Å². The largest absolute Gasteiger partial charge is 0.370 e. The monoisotopic (exact) mass is 158 g/mol. The van der Waals surface area contributed by atoms with E-state index in [0.717, 1.165) is 17.9 Å². The number of ether oxygens (including phenoxy) is 1. The molecule has 0 saturated carbocycles. The minimum Gasteiger partial charge on any atom is -0.370 e. The summed E-state index contributed by atoms with van der Waals surface area (Å²) in [4.78, 5) is 9.85. The van der Waals surface area contributed by atoms with E-state index in [9.17, 15) is 0 Å². The molecule has 0 spiro atoms. The molecule has 0 radical (unpaired) electrons. The molecule has 1 unspecified atom stereocenters. The highest BCUT2D eigenvalue weighted by atomic mass is 17.2. The highest BCUT2D eigenvalue weighted by Gasteiger charge is 2.23. The Morgan fingerprint density at radius 1 is 1.45 bits per heavy atom. The van der Waals surface area contributed by atoms with Gasteiger partial charge in [-0.25, -0.2) is 0 Å². The van der Waals surface area contributed by atoms with E-state index >= 15 is 0 Å². The maximum absolute atomic E-state index is 4.95. The van der Waals surface area contributed by atoms with Crippen LogP contribution in [0.25, 0.3) is 0 Å². The van der Waals surface area contributed by atoms with E-state index in [2.05, 4.69) is 0 Å². The highest BCUT2D eigenvalue weighted by Crippen LogP contribution is 2.10. The lowest BCUT2D eigenvalue weighted by Gasteiger charge is -2.04. The lowest BCUT2D eigenvalue weighted by atomic mass is 10.3. The summed E-state index contributed by atoms with van der Waals surface area (Å²) in [7, 11) is 0. The van der Waals surface area contributed by atoms with Gasteiger partial charge in [-0.05, 0) is 26.3 Å². The predicted molar refractivity (Wildman–Crippen MR) is 40.8 cm³/mol. The third-order valence-electron chi connectivity index (χ3n) is 1.54. The van der Waals surface area contributed by atoms with Crippen LogP contribution in [0.2, 0.25) is 0 Å². The average molecular weight is 158 g/mol. The van der Waals surface area contributed by atoms with Crippen molar-refractivity contribution in [1.82, 2.24) is 0 Å². The Morgan fingerprint density at radius 2 is 2.09 bits per heavy atom. The van der Waals surface area contributed by atoms with Crippen molar-refractivity contribution in [2.45, 2.75) is 26.9 Å². The molecular weight excluding hydrogens is 144 g/mol. The van der Waals surface area contributed by atoms with Crippen molar-refractivity contribution in [3.05, 3.63) is 11.3 Å². The molecule has 0 amide bonds. The Labute approximate surface area is 66.9 Å². The molecule has 0 bridgehead atoms. The number of allylic oxidation sites excluding steroid dienone is 2. The van der Waals surface area contributed by atoms with Gasteiger partial charge in [0.2, 0.25) is 0 Å². The van der Waals surface area contributed by atoms with Gasteiger partial charge in [0.05, 0.1) is 6.61 Å². The summed E-state index contributed by atoms with van der Waals surface area (Å²) in [6.45, 7) is 7.17. The smallest absolute Gasteiger partial charge is 0.138 e. The molecule has 1 aliphatic rings. The van der Waals surface area contributed by atoms with Crippen LogP contribution in [-0.4, -0.2) is 19.3 Å². The number of epoxide rings is 1. The molecule has 1 aliphatic heterocycles. The van der Waals surface area contributed by atoms with Crippen LogP contribution < -0.4 is 0 Å². The van der Waals surface area contributed by atoms with Gasteiger partial charge in [0.1, 0.15) is 18.5 Å². The van der Waals surface area contributed by atoms with Crippen LogP contribution in [0.5, 0.6) is 0 Å². The van der Waals surface area contributed by atoms with Crippen LogP contribution in [0.1, 0.15) is 20.8 Å². The van der Waals surface area contributed by atoms with Crippen LogP contribution in [0, 0.1) is 0 Å². The summed E-state index contributed by atoms with van der Waals surface area (Å²) >= 11 is 0. The fraction of sp³-hybridized carbons (Fsp3) is 0.750. The van der Waals surface area contributed by atoms with Gasteiger partial charge in [-0.15, -0.1) is 0 Å². The third-order valence-corrected chi connectivity index (χ3v) is 1.54. The van der Waals surface area contributed by atoms with Crippen LogP contribution in [0.15, 0.2) is 11.3 Å². The van der Waals surface area contributed by atoms with Crippen molar-refractivity contribution in [2.24, 2.45) is 0 Å². The summed E-state index contributed by atoms with van der Waals surface area (Å²) < 4.78 is 4.93. The zero-order chi connectivity index (χ0) is 8.27. The normalized spacial score (nSPS) is 21.2. The number of rotatable bonds is 4. The molecule has 1 fully saturated rings. The zero-order valence-electron chi connectivity index (χ0n) is 7.22. The van der Waals surface area contributed by atoms with Gasteiger partial charge >= 0.3 is 0 Å². The van der Waals surface area contributed by atoms with Gasteiger partial charge in [-0.2, -0.15) is 4.89 Å².